The van der Waals surface area contributed by atoms with Gasteiger partial charge in [-0.05, 0) is 41.1 Å². The van der Waals surface area contributed by atoms with E-state index < -0.39 is 0 Å². The largest absolute Gasteiger partial charge is 0.496 e. The summed E-state index contributed by atoms with van der Waals surface area (Å²) in [7, 11) is 1.59. The molecule has 2 amide bonds. The molecule has 0 saturated heterocycles. The van der Waals surface area contributed by atoms with Crippen molar-refractivity contribution in [3.05, 3.63) is 71.8 Å². The van der Waals surface area contributed by atoms with Crippen LogP contribution < -0.4 is 15.5 Å². The number of benzene rings is 3. The highest BCUT2D eigenvalue weighted by molar-refractivity contribution is 6.03. The minimum Gasteiger partial charge on any atom is -0.496 e. The molecule has 0 aliphatic heterocycles. The maximum atomic E-state index is 12.2. The van der Waals surface area contributed by atoms with E-state index in [0.29, 0.717) is 17.0 Å². The molecule has 0 aliphatic carbocycles. The van der Waals surface area contributed by atoms with Crippen LogP contribution in [-0.4, -0.2) is 25.1 Å². The topological polar surface area (TPSA) is 79.8 Å². The Bertz CT molecular complexity index is 1010. The molecule has 0 spiro atoms. The van der Waals surface area contributed by atoms with Gasteiger partial charge in [0.2, 0.25) is 5.91 Å². The zero-order valence-electron chi connectivity index (χ0n) is 15.0. The minimum absolute atomic E-state index is 0.166. The van der Waals surface area contributed by atoms with Gasteiger partial charge in [0.05, 0.1) is 13.3 Å². The van der Waals surface area contributed by atoms with Crippen molar-refractivity contribution in [3.8, 4) is 5.75 Å². The van der Waals surface area contributed by atoms with Crippen LogP contribution in [0.25, 0.3) is 10.8 Å². The molecule has 3 rings (SSSR count). The summed E-state index contributed by atoms with van der Waals surface area (Å²) in [6, 6.07) is 18.3. The Labute approximate surface area is 156 Å². The number of nitrogens with one attached hydrogen (secondary N) is 2. The lowest BCUT2D eigenvalue weighted by Gasteiger charge is -2.08. The summed E-state index contributed by atoms with van der Waals surface area (Å²) >= 11 is 0. The molecule has 27 heavy (non-hydrogen) atoms. The minimum atomic E-state index is -0.347. The molecule has 0 fully saturated rings. The van der Waals surface area contributed by atoms with E-state index in [4.69, 9.17) is 4.74 Å². The van der Waals surface area contributed by atoms with Crippen LogP contribution in [0.3, 0.4) is 0 Å². The third kappa shape index (κ3) is 4.30. The summed E-state index contributed by atoms with van der Waals surface area (Å²) in [5.41, 5.74) is 4.36. The molecular formula is C21H19N3O3. The van der Waals surface area contributed by atoms with E-state index in [1.165, 1.54) is 6.92 Å². The summed E-state index contributed by atoms with van der Waals surface area (Å²) in [4.78, 5) is 23.3. The maximum Gasteiger partial charge on any atom is 0.271 e. The van der Waals surface area contributed by atoms with E-state index in [0.717, 1.165) is 16.3 Å². The predicted octanol–water partition coefficient (Wildman–Crippen LogP) is 3.57. The Balaban J connectivity index is 1.76. The third-order valence-electron chi connectivity index (χ3n) is 3.98. The van der Waals surface area contributed by atoms with Crippen LogP contribution in [0.2, 0.25) is 0 Å². The van der Waals surface area contributed by atoms with Crippen LogP contribution in [0.15, 0.2) is 65.8 Å². The van der Waals surface area contributed by atoms with Crippen molar-refractivity contribution in [2.45, 2.75) is 6.92 Å². The van der Waals surface area contributed by atoms with Gasteiger partial charge in [-0.1, -0.05) is 30.3 Å². The van der Waals surface area contributed by atoms with Crippen LogP contribution in [0.4, 0.5) is 5.69 Å². The number of methoxy groups -OCH3 is 1. The normalized spacial score (nSPS) is 10.7. The highest BCUT2D eigenvalue weighted by Crippen LogP contribution is 2.26. The SMILES string of the molecule is COc1ccc2ccccc2c1/C=N\NC(=O)c1ccc(NC(C)=O)cc1. The van der Waals surface area contributed by atoms with Crippen molar-refractivity contribution in [1.29, 1.82) is 0 Å². The molecule has 3 aromatic rings. The van der Waals surface area contributed by atoms with Gasteiger partial charge in [0.15, 0.2) is 0 Å². The Morgan fingerprint density at radius 1 is 1.00 bits per heavy atom. The van der Waals surface area contributed by atoms with Gasteiger partial charge in [-0.3, -0.25) is 9.59 Å². The summed E-state index contributed by atoms with van der Waals surface area (Å²) in [6.07, 6.45) is 1.57. The first kappa shape index (κ1) is 18.1. The maximum absolute atomic E-state index is 12.2. The molecule has 0 bridgehead atoms. The van der Waals surface area contributed by atoms with E-state index in [2.05, 4.69) is 15.8 Å². The van der Waals surface area contributed by atoms with Crippen molar-refractivity contribution in [1.82, 2.24) is 5.43 Å². The van der Waals surface area contributed by atoms with Crippen LogP contribution in [0.5, 0.6) is 5.75 Å². The van der Waals surface area contributed by atoms with Gasteiger partial charge in [-0.15, -0.1) is 0 Å². The number of hydrazone groups is 1. The summed E-state index contributed by atoms with van der Waals surface area (Å²) < 4.78 is 5.40. The molecule has 136 valence electrons. The number of hydrogen-bond acceptors (Lipinski definition) is 4. The first-order chi connectivity index (χ1) is 13.1. The summed E-state index contributed by atoms with van der Waals surface area (Å²) in [6.45, 7) is 1.43. The van der Waals surface area contributed by atoms with Crippen molar-refractivity contribution < 1.29 is 14.3 Å². The average Bonchev–Trinajstić information content (AvgIpc) is 2.68. The van der Waals surface area contributed by atoms with E-state index >= 15 is 0 Å². The van der Waals surface area contributed by atoms with Gasteiger partial charge in [-0.2, -0.15) is 5.10 Å². The molecule has 3 aromatic carbocycles. The van der Waals surface area contributed by atoms with Crippen LogP contribution >= 0.6 is 0 Å². The van der Waals surface area contributed by atoms with Gasteiger partial charge in [-0.25, -0.2) is 5.43 Å². The Morgan fingerprint density at radius 2 is 1.74 bits per heavy atom. The van der Waals surface area contributed by atoms with Crippen molar-refractivity contribution >= 4 is 34.5 Å². The molecule has 0 heterocycles. The Kier molecular flexibility index (Phi) is 5.47. The smallest absolute Gasteiger partial charge is 0.271 e. The second-order valence-corrected chi connectivity index (χ2v) is 5.86. The van der Waals surface area contributed by atoms with Gasteiger partial charge < -0.3 is 10.1 Å². The monoisotopic (exact) mass is 361 g/mol. The van der Waals surface area contributed by atoms with Gasteiger partial charge in [0, 0.05) is 23.7 Å². The van der Waals surface area contributed by atoms with E-state index in [-0.39, 0.29) is 11.8 Å². The predicted molar refractivity (Wildman–Crippen MR) is 106 cm³/mol. The zero-order chi connectivity index (χ0) is 19.2. The number of hydrogen-bond donors (Lipinski definition) is 2. The number of carbonyl (C=O) groups excluding carboxylic acids is 2. The Morgan fingerprint density at radius 3 is 2.44 bits per heavy atom. The fourth-order valence-corrected chi connectivity index (χ4v) is 2.71. The molecule has 0 atom stereocenters. The average molecular weight is 361 g/mol. The fraction of sp³-hybridized carbons (Fsp3) is 0.0952. The lowest BCUT2D eigenvalue weighted by Crippen LogP contribution is -2.17. The lowest BCUT2D eigenvalue weighted by molar-refractivity contribution is -0.114. The lowest BCUT2D eigenvalue weighted by atomic mass is 10.0. The van der Waals surface area contributed by atoms with Crippen LogP contribution in [0.1, 0.15) is 22.8 Å². The molecule has 0 saturated carbocycles. The van der Waals surface area contributed by atoms with Crippen molar-refractivity contribution in [2.75, 3.05) is 12.4 Å². The molecule has 0 unspecified atom stereocenters. The van der Waals surface area contributed by atoms with Gasteiger partial charge >= 0.3 is 0 Å². The summed E-state index contributed by atoms with van der Waals surface area (Å²) in [5, 5.41) is 8.76. The highest BCUT2D eigenvalue weighted by atomic mass is 16.5. The molecule has 6 nitrogen and oxygen atoms in total. The quantitative estimate of drug-likeness (QED) is 0.538. The first-order valence-corrected chi connectivity index (χ1v) is 8.35. The standard InChI is InChI=1S/C21H19N3O3/c1-14(25)23-17-10-7-16(8-11-17)21(26)24-22-13-19-18-6-4-3-5-15(18)9-12-20(19)27-2/h3-13H,1-2H3,(H,23,25)(H,24,26)/b22-13-. The molecule has 6 heteroatoms. The number of fused-ring (bicyclic) bond motifs is 1. The first-order valence-electron chi connectivity index (χ1n) is 8.35. The van der Waals surface area contributed by atoms with Crippen LogP contribution in [0, 0.1) is 0 Å². The number of nitrogens with zero attached hydrogens (tertiary/aromatic N) is 1. The number of ether oxygens (including phenoxy) is 1. The van der Waals surface area contributed by atoms with E-state index in [1.54, 1.807) is 37.6 Å². The molecule has 0 aromatic heterocycles. The zero-order valence-corrected chi connectivity index (χ0v) is 15.0. The molecule has 0 aliphatic rings. The molecule has 2 N–H and O–H groups in total. The fourth-order valence-electron chi connectivity index (χ4n) is 2.71. The second kappa shape index (κ2) is 8.14. The van der Waals surface area contributed by atoms with E-state index in [9.17, 15) is 9.59 Å². The van der Waals surface area contributed by atoms with Crippen molar-refractivity contribution in [2.24, 2.45) is 5.10 Å². The number of amides is 2. The molecule has 0 radical (unpaired) electrons. The van der Waals surface area contributed by atoms with Gasteiger partial charge in [0.1, 0.15) is 5.75 Å². The Hall–Kier alpha value is -3.67. The van der Waals surface area contributed by atoms with E-state index in [1.807, 2.05) is 36.4 Å². The highest BCUT2D eigenvalue weighted by Gasteiger charge is 2.07. The number of rotatable bonds is 5. The van der Waals surface area contributed by atoms with Crippen molar-refractivity contribution in [3.63, 3.8) is 0 Å². The second-order valence-electron chi connectivity index (χ2n) is 5.86. The summed E-state index contributed by atoms with van der Waals surface area (Å²) in [5.74, 6) is 0.159. The number of anilines is 1. The van der Waals surface area contributed by atoms with Crippen LogP contribution in [-0.2, 0) is 4.79 Å². The third-order valence-corrected chi connectivity index (χ3v) is 3.98. The van der Waals surface area contributed by atoms with Gasteiger partial charge in [0.25, 0.3) is 5.91 Å². The number of carbonyl (C=O) groups is 2. The molecular weight excluding hydrogens is 342 g/mol.